The van der Waals surface area contributed by atoms with Crippen LogP contribution >= 0.6 is 0 Å². The first-order valence-corrected chi connectivity index (χ1v) is 8.46. The topological polar surface area (TPSA) is 41.4 Å². The van der Waals surface area contributed by atoms with Gasteiger partial charge >= 0.3 is 0 Å². The molecule has 1 aromatic carbocycles. The first-order valence-electron chi connectivity index (χ1n) is 8.46. The Hall–Kier alpha value is -2.30. The fourth-order valence-corrected chi connectivity index (χ4v) is 3.61. The molecule has 2 heterocycles. The van der Waals surface area contributed by atoms with Gasteiger partial charge in [0.25, 0.3) is 0 Å². The molecule has 0 spiro atoms. The summed E-state index contributed by atoms with van der Waals surface area (Å²) in [5.74, 6) is 0.173. The van der Waals surface area contributed by atoms with E-state index in [2.05, 4.69) is 42.2 Å². The van der Waals surface area contributed by atoms with Crippen molar-refractivity contribution >= 4 is 11.6 Å². The second-order valence-corrected chi connectivity index (χ2v) is 6.83. The van der Waals surface area contributed by atoms with Crippen molar-refractivity contribution < 1.29 is 4.79 Å². The molecule has 3 rings (SSSR count). The summed E-state index contributed by atoms with van der Waals surface area (Å²) in [6.07, 6.45) is 0.418. The van der Waals surface area contributed by atoms with E-state index in [1.807, 2.05) is 36.5 Å². The number of aryl methyl sites for hydroxylation is 2. The van der Waals surface area contributed by atoms with E-state index in [1.54, 1.807) is 0 Å². The summed E-state index contributed by atoms with van der Waals surface area (Å²) < 4.78 is 1.85. The summed E-state index contributed by atoms with van der Waals surface area (Å²) in [6.45, 7) is 7.64. The molecule has 0 radical (unpaired) electrons. The minimum Gasteiger partial charge on any atom is -0.372 e. The Morgan fingerprint density at radius 3 is 2.62 bits per heavy atom. The Morgan fingerprint density at radius 2 is 1.96 bits per heavy atom. The molecule has 24 heavy (non-hydrogen) atoms. The van der Waals surface area contributed by atoms with Crippen LogP contribution in [0.15, 0.2) is 24.3 Å². The maximum absolute atomic E-state index is 13.0. The van der Waals surface area contributed by atoms with Crippen LogP contribution in [0, 0.1) is 13.8 Å². The summed E-state index contributed by atoms with van der Waals surface area (Å²) >= 11 is 0. The predicted molar refractivity (Wildman–Crippen MR) is 96.1 cm³/mol. The highest BCUT2D eigenvalue weighted by molar-refractivity contribution is 5.80. The number of para-hydroxylation sites is 1. The molecular formula is C19H26N4O. The lowest BCUT2D eigenvalue weighted by molar-refractivity contribution is -0.132. The highest BCUT2D eigenvalue weighted by Crippen LogP contribution is 2.26. The normalized spacial score (nSPS) is 17.6. The first-order chi connectivity index (χ1) is 11.4. The maximum atomic E-state index is 13.0. The molecule has 2 aromatic rings. The molecule has 0 aliphatic carbocycles. The number of fused-ring (bicyclic) bond motifs is 1. The van der Waals surface area contributed by atoms with Crippen molar-refractivity contribution in [2.45, 2.75) is 39.8 Å². The molecule has 0 saturated heterocycles. The van der Waals surface area contributed by atoms with Crippen molar-refractivity contribution in [1.29, 1.82) is 0 Å². The summed E-state index contributed by atoms with van der Waals surface area (Å²) in [5.41, 5.74) is 5.50. The number of rotatable bonds is 2. The van der Waals surface area contributed by atoms with Crippen LogP contribution in [0.2, 0.25) is 0 Å². The third-order valence-corrected chi connectivity index (χ3v) is 5.12. The van der Waals surface area contributed by atoms with Crippen LogP contribution in [0.25, 0.3) is 0 Å². The quantitative estimate of drug-likeness (QED) is 0.851. The van der Waals surface area contributed by atoms with Gasteiger partial charge in [-0.05, 0) is 32.4 Å². The van der Waals surface area contributed by atoms with Crippen molar-refractivity contribution in [3.63, 3.8) is 0 Å². The largest absolute Gasteiger partial charge is 0.372 e. The average Bonchev–Trinajstić information content (AvgIpc) is 2.70. The molecule has 1 amide bonds. The molecule has 5 heteroatoms. The number of hydrogen-bond donors (Lipinski definition) is 0. The second-order valence-electron chi connectivity index (χ2n) is 6.83. The second kappa shape index (κ2) is 6.30. The number of amides is 1. The van der Waals surface area contributed by atoms with Crippen LogP contribution in [0.1, 0.15) is 29.4 Å². The minimum absolute atomic E-state index is 0.173. The van der Waals surface area contributed by atoms with Crippen LogP contribution < -0.4 is 4.90 Å². The number of hydrogen-bond acceptors (Lipinski definition) is 3. The van der Waals surface area contributed by atoms with Gasteiger partial charge in [0.2, 0.25) is 5.91 Å². The van der Waals surface area contributed by atoms with E-state index in [4.69, 9.17) is 0 Å². The van der Waals surface area contributed by atoms with Crippen molar-refractivity contribution in [2.75, 3.05) is 18.5 Å². The van der Waals surface area contributed by atoms with Gasteiger partial charge in [-0.15, -0.1) is 0 Å². The van der Waals surface area contributed by atoms with Gasteiger partial charge in [0.15, 0.2) is 0 Å². The SMILES string of the molecule is Cc1nn(C)c(C)c1CC(=O)N1Cc2ccccc2N(C)C[C@@H]1C. The molecular weight excluding hydrogens is 300 g/mol. The van der Waals surface area contributed by atoms with Gasteiger partial charge in [-0.3, -0.25) is 9.48 Å². The smallest absolute Gasteiger partial charge is 0.227 e. The van der Waals surface area contributed by atoms with E-state index in [-0.39, 0.29) is 11.9 Å². The Bertz CT molecular complexity index is 765. The van der Waals surface area contributed by atoms with Crippen LogP contribution in [-0.4, -0.2) is 40.2 Å². The summed E-state index contributed by atoms with van der Waals surface area (Å²) in [6, 6.07) is 8.52. The van der Waals surface area contributed by atoms with E-state index in [0.717, 1.165) is 23.5 Å². The van der Waals surface area contributed by atoms with Gasteiger partial charge < -0.3 is 9.80 Å². The van der Waals surface area contributed by atoms with Gasteiger partial charge in [0.1, 0.15) is 0 Å². The van der Waals surface area contributed by atoms with E-state index < -0.39 is 0 Å². The zero-order chi connectivity index (χ0) is 17.4. The van der Waals surface area contributed by atoms with Crippen LogP contribution in [0.5, 0.6) is 0 Å². The van der Waals surface area contributed by atoms with Crippen LogP contribution in [0.3, 0.4) is 0 Å². The number of benzene rings is 1. The molecule has 128 valence electrons. The molecule has 0 unspecified atom stereocenters. The summed E-state index contributed by atoms with van der Waals surface area (Å²) in [7, 11) is 4.02. The van der Waals surface area contributed by atoms with E-state index in [0.29, 0.717) is 13.0 Å². The van der Waals surface area contributed by atoms with Crippen molar-refractivity contribution in [2.24, 2.45) is 7.05 Å². The molecule has 1 atom stereocenters. The van der Waals surface area contributed by atoms with Gasteiger partial charge in [-0.1, -0.05) is 18.2 Å². The fraction of sp³-hybridized carbons (Fsp3) is 0.474. The fourth-order valence-electron chi connectivity index (χ4n) is 3.61. The molecule has 0 bridgehead atoms. The molecule has 1 aliphatic rings. The number of carbonyl (C=O) groups is 1. The predicted octanol–water partition coefficient (Wildman–Crippen LogP) is 2.45. The van der Waals surface area contributed by atoms with Crippen molar-refractivity contribution in [3.05, 3.63) is 46.8 Å². The number of anilines is 1. The maximum Gasteiger partial charge on any atom is 0.227 e. The highest BCUT2D eigenvalue weighted by Gasteiger charge is 2.27. The first kappa shape index (κ1) is 16.6. The molecule has 0 fully saturated rings. The molecule has 0 N–H and O–H groups in total. The lowest BCUT2D eigenvalue weighted by Crippen LogP contribution is -2.42. The van der Waals surface area contributed by atoms with E-state index in [1.165, 1.54) is 11.3 Å². The van der Waals surface area contributed by atoms with Gasteiger partial charge in [0, 0.05) is 50.2 Å². The molecule has 0 saturated carbocycles. The molecule has 5 nitrogen and oxygen atoms in total. The average molecular weight is 326 g/mol. The Morgan fingerprint density at radius 1 is 1.25 bits per heavy atom. The number of aromatic nitrogens is 2. The minimum atomic E-state index is 0.173. The third kappa shape index (κ3) is 2.90. The van der Waals surface area contributed by atoms with Crippen molar-refractivity contribution in [1.82, 2.24) is 14.7 Å². The number of likely N-dealkylation sites (N-methyl/N-ethyl adjacent to an activating group) is 1. The molecule has 1 aromatic heterocycles. The Kier molecular flexibility index (Phi) is 4.35. The number of carbonyl (C=O) groups excluding carboxylic acids is 1. The summed E-state index contributed by atoms with van der Waals surface area (Å²) in [5, 5.41) is 4.43. The zero-order valence-electron chi connectivity index (χ0n) is 15.2. The van der Waals surface area contributed by atoms with Crippen molar-refractivity contribution in [3.8, 4) is 0 Å². The third-order valence-electron chi connectivity index (χ3n) is 5.12. The zero-order valence-corrected chi connectivity index (χ0v) is 15.2. The van der Waals surface area contributed by atoms with Gasteiger partial charge in [-0.2, -0.15) is 5.10 Å². The monoisotopic (exact) mass is 326 g/mol. The highest BCUT2D eigenvalue weighted by atomic mass is 16.2. The Labute approximate surface area is 143 Å². The molecule has 1 aliphatic heterocycles. The lowest BCUT2D eigenvalue weighted by atomic mass is 10.1. The number of nitrogens with zero attached hydrogens (tertiary/aromatic N) is 4. The standard InChI is InChI=1S/C19H26N4O/c1-13-11-21(4)18-9-7-6-8-16(18)12-23(13)19(24)10-17-14(2)20-22(5)15(17)3/h6-9,13H,10-12H2,1-5H3/t13-/m0/s1. The van der Waals surface area contributed by atoms with Crippen LogP contribution in [0.4, 0.5) is 5.69 Å². The summed E-state index contributed by atoms with van der Waals surface area (Å²) in [4.78, 5) is 17.3. The van der Waals surface area contributed by atoms with Crippen LogP contribution in [-0.2, 0) is 24.8 Å². The Balaban J connectivity index is 1.87. The lowest BCUT2D eigenvalue weighted by Gasteiger charge is -2.28. The van der Waals surface area contributed by atoms with E-state index in [9.17, 15) is 4.79 Å². The van der Waals surface area contributed by atoms with Gasteiger partial charge in [0.05, 0.1) is 12.1 Å². The van der Waals surface area contributed by atoms with E-state index >= 15 is 0 Å². The van der Waals surface area contributed by atoms with Gasteiger partial charge in [-0.25, -0.2) is 0 Å².